The zero-order valence-corrected chi connectivity index (χ0v) is 16.2. The summed E-state index contributed by atoms with van der Waals surface area (Å²) >= 11 is 0. The largest absolute Gasteiger partial charge is 0.334 e. The molecule has 1 saturated heterocycles. The Balaban J connectivity index is 1.55. The van der Waals surface area contributed by atoms with Gasteiger partial charge in [0.25, 0.3) is 11.8 Å². The van der Waals surface area contributed by atoms with E-state index in [9.17, 15) is 4.79 Å². The Morgan fingerprint density at radius 1 is 1.21 bits per heavy atom. The van der Waals surface area contributed by atoms with Gasteiger partial charge in [0.15, 0.2) is 5.82 Å². The van der Waals surface area contributed by atoms with Gasteiger partial charge in [-0.15, -0.1) is 0 Å². The molecular weight excluding hydrogens is 352 g/mol. The van der Waals surface area contributed by atoms with Gasteiger partial charge in [-0.2, -0.15) is 4.98 Å². The van der Waals surface area contributed by atoms with Gasteiger partial charge in [-0.1, -0.05) is 23.4 Å². The molecule has 1 amide bonds. The van der Waals surface area contributed by atoms with E-state index in [2.05, 4.69) is 26.8 Å². The van der Waals surface area contributed by atoms with E-state index in [1.807, 2.05) is 43.3 Å². The van der Waals surface area contributed by atoms with Crippen LogP contribution in [0, 0.1) is 13.8 Å². The second kappa shape index (κ2) is 7.94. The second-order valence-electron chi connectivity index (χ2n) is 7.30. The highest BCUT2D eigenvalue weighted by molar-refractivity contribution is 6.05. The average molecular weight is 376 g/mol. The fourth-order valence-electron chi connectivity index (χ4n) is 3.57. The van der Waals surface area contributed by atoms with Gasteiger partial charge in [0.05, 0.1) is 0 Å². The first-order valence-electron chi connectivity index (χ1n) is 9.63. The zero-order chi connectivity index (χ0) is 19.5. The number of hydrogen-bond donors (Lipinski definition) is 2. The van der Waals surface area contributed by atoms with E-state index in [4.69, 9.17) is 4.52 Å². The molecule has 6 heteroatoms. The molecule has 28 heavy (non-hydrogen) atoms. The van der Waals surface area contributed by atoms with Crippen LogP contribution in [0.25, 0.3) is 11.5 Å². The van der Waals surface area contributed by atoms with Crippen LogP contribution in [0.2, 0.25) is 0 Å². The molecule has 1 aliphatic rings. The van der Waals surface area contributed by atoms with Crippen molar-refractivity contribution in [2.45, 2.75) is 32.6 Å². The summed E-state index contributed by atoms with van der Waals surface area (Å²) < 4.78 is 5.24. The summed E-state index contributed by atoms with van der Waals surface area (Å²) in [4.78, 5) is 17.1. The van der Waals surface area contributed by atoms with Crippen LogP contribution < -0.4 is 10.6 Å². The summed E-state index contributed by atoms with van der Waals surface area (Å²) in [6, 6.07) is 13.7. The molecule has 0 aliphatic carbocycles. The molecule has 144 valence electrons. The highest BCUT2D eigenvalue weighted by Crippen LogP contribution is 2.26. The van der Waals surface area contributed by atoms with Crippen LogP contribution in [0.15, 0.2) is 47.0 Å². The lowest BCUT2D eigenvalue weighted by Crippen LogP contribution is -2.28. The number of aromatic nitrogens is 2. The highest BCUT2D eigenvalue weighted by atomic mass is 16.5. The topological polar surface area (TPSA) is 80.0 Å². The first-order valence-corrected chi connectivity index (χ1v) is 9.63. The third-order valence-corrected chi connectivity index (χ3v) is 5.18. The normalized spacial score (nSPS) is 16.7. The molecule has 0 spiro atoms. The summed E-state index contributed by atoms with van der Waals surface area (Å²) in [5, 5.41) is 10.3. The molecule has 2 heterocycles. The maximum Gasteiger partial charge on any atom is 0.257 e. The molecule has 0 saturated carbocycles. The Morgan fingerprint density at radius 2 is 2.11 bits per heavy atom. The highest BCUT2D eigenvalue weighted by Gasteiger charge is 2.17. The minimum Gasteiger partial charge on any atom is -0.334 e. The predicted molar refractivity (Wildman–Crippen MR) is 108 cm³/mol. The van der Waals surface area contributed by atoms with Crippen LogP contribution in [-0.4, -0.2) is 29.1 Å². The molecule has 1 aromatic heterocycles. The van der Waals surface area contributed by atoms with E-state index in [0.717, 1.165) is 36.3 Å². The third-order valence-electron chi connectivity index (χ3n) is 5.18. The average Bonchev–Trinajstić information content (AvgIpc) is 3.16. The van der Waals surface area contributed by atoms with E-state index in [-0.39, 0.29) is 5.91 Å². The lowest BCUT2D eigenvalue weighted by molar-refractivity contribution is 0.102. The molecule has 0 bridgehead atoms. The van der Waals surface area contributed by atoms with Crippen molar-refractivity contribution in [2.75, 3.05) is 18.4 Å². The minimum atomic E-state index is -0.118. The fourth-order valence-corrected chi connectivity index (χ4v) is 3.57. The Morgan fingerprint density at radius 3 is 2.86 bits per heavy atom. The van der Waals surface area contributed by atoms with Crippen molar-refractivity contribution in [3.05, 3.63) is 65.0 Å². The monoisotopic (exact) mass is 376 g/mol. The quantitative estimate of drug-likeness (QED) is 0.717. The van der Waals surface area contributed by atoms with Gasteiger partial charge in [-0.25, -0.2) is 0 Å². The molecular formula is C22H24N4O2. The third kappa shape index (κ3) is 3.97. The second-order valence-corrected chi connectivity index (χ2v) is 7.30. The Kier molecular flexibility index (Phi) is 5.21. The smallest absolute Gasteiger partial charge is 0.257 e. The standard InChI is InChI=1S/C22H24N4O2/c1-14-8-9-18(22-24-15(2)26-28-22)12-20(14)25-21(27)17-6-3-5-16(11-17)19-7-4-10-23-13-19/h3,5-6,8-9,11-12,19,23H,4,7,10,13H2,1-2H3,(H,25,27). The number of hydrogen-bond acceptors (Lipinski definition) is 5. The van der Waals surface area contributed by atoms with Crippen LogP contribution in [0.5, 0.6) is 0 Å². The number of anilines is 1. The number of nitrogens with one attached hydrogen (secondary N) is 2. The van der Waals surface area contributed by atoms with Crippen LogP contribution in [0.1, 0.15) is 46.1 Å². The summed E-state index contributed by atoms with van der Waals surface area (Å²) in [5.41, 5.74) is 4.38. The van der Waals surface area contributed by atoms with Crippen molar-refractivity contribution in [3.8, 4) is 11.5 Å². The van der Waals surface area contributed by atoms with Crippen LogP contribution in [0.3, 0.4) is 0 Å². The predicted octanol–water partition coefficient (Wildman–Crippen LogP) is 4.07. The van der Waals surface area contributed by atoms with E-state index in [0.29, 0.717) is 23.2 Å². The van der Waals surface area contributed by atoms with Crippen molar-refractivity contribution in [1.29, 1.82) is 0 Å². The van der Waals surface area contributed by atoms with Crippen molar-refractivity contribution in [1.82, 2.24) is 15.5 Å². The molecule has 4 rings (SSSR count). The first kappa shape index (κ1) is 18.4. The SMILES string of the molecule is Cc1noc(-c2ccc(C)c(NC(=O)c3cccc(C4CCCNC4)c3)c2)n1. The van der Waals surface area contributed by atoms with Crippen molar-refractivity contribution < 1.29 is 9.32 Å². The molecule has 1 unspecified atom stereocenters. The number of aryl methyl sites for hydroxylation is 2. The Hall–Kier alpha value is -2.99. The van der Waals surface area contributed by atoms with Crippen LogP contribution in [-0.2, 0) is 0 Å². The van der Waals surface area contributed by atoms with Gasteiger partial charge in [0, 0.05) is 23.4 Å². The number of rotatable bonds is 4. The van der Waals surface area contributed by atoms with Gasteiger partial charge in [0.2, 0.25) is 0 Å². The Bertz CT molecular complexity index is 990. The molecule has 1 fully saturated rings. The maximum absolute atomic E-state index is 12.9. The number of carbonyl (C=O) groups is 1. The lowest BCUT2D eigenvalue weighted by atomic mass is 9.90. The number of piperidine rings is 1. The van der Waals surface area contributed by atoms with Gasteiger partial charge < -0.3 is 15.2 Å². The summed E-state index contributed by atoms with van der Waals surface area (Å²) in [6.07, 6.45) is 2.32. The summed E-state index contributed by atoms with van der Waals surface area (Å²) in [7, 11) is 0. The van der Waals surface area contributed by atoms with Crippen molar-refractivity contribution in [2.24, 2.45) is 0 Å². The van der Waals surface area contributed by atoms with Crippen molar-refractivity contribution in [3.63, 3.8) is 0 Å². The molecule has 0 radical (unpaired) electrons. The first-order chi connectivity index (χ1) is 13.6. The lowest BCUT2D eigenvalue weighted by Gasteiger charge is -2.23. The number of carbonyl (C=O) groups excluding carboxylic acids is 1. The van der Waals surface area contributed by atoms with Gasteiger partial charge >= 0.3 is 0 Å². The van der Waals surface area contributed by atoms with E-state index < -0.39 is 0 Å². The molecule has 6 nitrogen and oxygen atoms in total. The summed E-state index contributed by atoms with van der Waals surface area (Å²) in [5.74, 6) is 1.37. The maximum atomic E-state index is 12.9. The van der Waals surface area contributed by atoms with E-state index >= 15 is 0 Å². The Labute approximate surface area is 164 Å². The summed E-state index contributed by atoms with van der Waals surface area (Å²) in [6.45, 7) is 5.78. The van der Waals surface area contributed by atoms with Gasteiger partial charge in [-0.05, 0) is 74.5 Å². The molecule has 1 aliphatic heterocycles. The molecule has 2 aromatic carbocycles. The molecule has 2 N–H and O–H groups in total. The molecule has 1 atom stereocenters. The van der Waals surface area contributed by atoms with Crippen LogP contribution in [0.4, 0.5) is 5.69 Å². The fraction of sp³-hybridized carbons (Fsp3) is 0.318. The van der Waals surface area contributed by atoms with Gasteiger partial charge in [0.1, 0.15) is 0 Å². The van der Waals surface area contributed by atoms with E-state index in [1.54, 1.807) is 6.92 Å². The van der Waals surface area contributed by atoms with Crippen LogP contribution >= 0.6 is 0 Å². The molecule has 3 aromatic rings. The number of amides is 1. The van der Waals surface area contributed by atoms with Gasteiger partial charge in [-0.3, -0.25) is 4.79 Å². The minimum absolute atomic E-state index is 0.118. The van der Waals surface area contributed by atoms with E-state index in [1.165, 1.54) is 12.0 Å². The van der Waals surface area contributed by atoms with Crippen molar-refractivity contribution >= 4 is 11.6 Å². The number of nitrogens with zero attached hydrogens (tertiary/aromatic N) is 2. The zero-order valence-electron chi connectivity index (χ0n) is 16.2. The number of benzene rings is 2.